The molecule has 0 aliphatic heterocycles. The van der Waals surface area contributed by atoms with Gasteiger partial charge in [-0.25, -0.2) is 0 Å². The SMILES string of the molecule is Cc1cc(C)c(CCNCC2(CO)CCC2)c(C)c1. The lowest BCUT2D eigenvalue weighted by Gasteiger charge is -2.40. The molecule has 0 amide bonds. The van der Waals surface area contributed by atoms with Crippen LogP contribution in [0.2, 0.25) is 0 Å². The van der Waals surface area contributed by atoms with Crippen molar-refractivity contribution in [2.45, 2.75) is 46.5 Å². The zero-order chi connectivity index (χ0) is 13.9. The summed E-state index contributed by atoms with van der Waals surface area (Å²) in [6, 6.07) is 4.53. The molecular weight excluding hydrogens is 234 g/mol. The van der Waals surface area contributed by atoms with Crippen molar-refractivity contribution in [3.05, 3.63) is 34.4 Å². The highest BCUT2D eigenvalue weighted by molar-refractivity contribution is 5.37. The van der Waals surface area contributed by atoms with Gasteiger partial charge >= 0.3 is 0 Å². The summed E-state index contributed by atoms with van der Waals surface area (Å²) in [5.41, 5.74) is 5.82. The highest BCUT2D eigenvalue weighted by Crippen LogP contribution is 2.39. The minimum Gasteiger partial charge on any atom is -0.396 e. The van der Waals surface area contributed by atoms with E-state index in [2.05, 4.69) is 38.2 Å². The van der Waals surface area contributed by atoms with Gasteiger partial charge in [-0.2, -0.15) is 0 Å². The van der Waals surface area contributed by atoms with Crippen molar-refractivity contribution in [3.8, 4) is 0 Å². The molecule has 1 aromatic carbocycles. The van der Waals surface area contributed by atoms with E-state index in [9.17, 15) is 5.11 Å². The molecule has 0 atom stereocenters. The zero-order valence-corrected chi connectivity index (χ0v) is 12.6. The first-order valence-electron chi connectivity index (χ1n) is 7.45. The number of nitrogens with one attached hydrogen (secondary N) is 1. The second-order valence-electron chi connectivity index (χ2n) is 6.32. The van der Waals surface area contributed by atoms with Crippen molar-refractivity contribution in [1.29, 1.82) is 0 Å². The Morgan fingerprint density at radius 3 is 2.26 bits per heavy atom. The fourth-order valence-electron chi connectivity index (χ4n) is 3.24. The Balaban J connectivity index is 1.83. The molecule has 1 saturated carbocycles. The molecule has 2 rings (SSSR count). The topological polar surface area (TPSA) is 32.3 Å². The van der Waals surface area contributed by atoms with Crippen molar-refractivity contribution >= 4 is 0 Å². The standard InChI is InChI=1S/C17H27NO/c1-13-9-14(2)16(15(3)10-13)5-8-18-11-17(12-19)6-4-7-17/h9-10,18-19H,4-8,11-12H2,1-3H3. The van der Waals surface area contributed by atoms with Crippen LogP contribution in [-0.2, 0) is 6.42 Å². The van der Waals surface area contributed by atoms with Crippen molar-refractivity contribution in [2.24, 2.45) is 5.41 Å². The first-order valence-corrected chi connectivity index (χ1v) is 7.45. The number of hydrogen-bond acceptors (Lipinski definition) is 2. The quantitative estimate of drug-likeness (QED) is 0.772. The van der Waals surface area contributed by atoms with Gasteiger partial charge in [0.1, 0.15) is 0 Å². The van der Waals surface area contributed by atoms with E-state index in [1.165, 1.54) is 41.5 Å². The Morgan fingerprint density at radius 2 is 1.79 bits per heavy atom. The summed E-state index contributed by atoms with van der Waals surface area (Å²) in [5, 5.41) is 13.0. The maximum absolute atomic E-state index is 9.43. The molecule has 0 bridgehead atoms. The Bertz CT molecular complexity index is 406. The third kappa shape index (κ3) is 3.37. The average Bonchev–Trinajstić information content (AvgIpc) is 2.29. The third-order valence-electron chi connectivity index (χ3n) is 4.64. The minimum atomic E-state index is 0.192. The number of aliphatic hydroxyl groups is 1. The summed E-state index contributed by atoms with van der Waals surface area (Å²) in [5.74, 6) is 0. The number of benzene rings is 1. The van der Waals surface area contributed by atoms with Crippen molar-refractivity contribution in [3.63, 3.8) is 0 Å². The number of rotatable bonds is 6. The van der Waals surface area contributed by atoms with Crippen LogP contribution in [0.1, 0.15) is 41.5 Å². The molecule has 0 aromatic heterocycles. The Labute approximate surface area is 117 Å². The van der Waals surface area contributed by atoms with E-state index in [4.69, 9.17) is 0 Å². The molecule has 1 aliphatic rings. The summed E-state index contributed by atoms with van der Waals surface area (Å²) >= 11 is 0. The van der Waals surface area contributed by atoms with Gasteiger partial charge in [0, 0.05) is 18.6 Å². The lowest BCUT2D eigenvalue weighted by molar-refractivity contribution is 0.0451. The molecule has 2 N–H and O–H groups in total. The van der Waals surface area contributed by atoms with Gasteiger partial charge in [-0.15, -0.1) is 0 Å². The van der Waals surface area contributed by atoms with Crippen LogP contribution in [0.25, 0.3) is 0 Å². The van der Waals surface area contributed by atoms with E-state index >= 15 is 0 Å². The first kappa shape index (κ1) is 14.5. The third-order valence-corrected chi connectivity index (χ3v) is 4.64. The van der Waals surface area contributed by atoms with Crippen LogP contribution in [0.15, 0.2) is 12.1 Å². The van der Waals surface area contributed by atoms with Gasteiger partial charge in [0.25, 0.3) is 0 Å². The molecule has 1 aromatic rings. The van der Waals surface area contributed by atoms with Crippen molar-refractivity contribution in [1.82, 2.24) is 5.32 Å². The van der Waals surface area contributed by atoms with E-state index in [0.717, 1.165) is 19.5 Å². The van der Waals surface area contributed by atoms with Gasteiger partial charge < -0.3 is 10.4 Å². The Kier molecular flexibility index (Phi) is 4.64. The zero-order valence-electron chi connectivity index (χ0n) is 12.6. The predicted octanol–water partition coefficient (Wildman–Crippen LogP) is 2.91. The average molecular weight is 261 g/mol. The molecule has 1 fully saturated rings. The number of hydrogen-bond donors (Lipinski definition) is 2. The normalized spacial score (nSPS) is 17.3. The molecular formula is C17H27NO. The van der Waals surface area contributed by atoms with Crippen LogP contribution >= 0.6 is 0 Å². The molecule has 0 heterocycles. The molecule has 106 valence electrons. The molecule has 0 radical (unpaired) electrons. The van der Waals surface area contributed by atoms with Gasteiger partial charge in [0.05, 0.1) is 0 Å². The van der Waals surface area contributed by atoms with Crippen LogP contribution < -0.4 is 5.32 Å². The summed E-state index contributed by atoms with van der Waals surface area (Å²) in [4.78, 5) is 0. The van der Waals surface area contributed by atoms with E-state index in [1.54, 1.807) is 0 Å². The van der Waals surface area contributed by atoms with Gasteiger partial charge in [-0.3, -0.25) is 0 Å². The highest BCUT2D eigenvalue weighted by atomic mass is 16.3. The molecule has 19 heavy (non-hydrogen) atoms. The lowest BCUT2D eigenvalue weighted by Crippen LogP contribution is -2.43. The van der Waals surface area contributed by atoms with Crippen molar-refractivity contribution in [2.75, 3.05) is 19.7 Å². The summed E-state index contributed by atoms with van der Waals surface area (Å²) in [6.45, 7) is 8.87. The lowest BCUT2D eigenvalue weighted by atomic mass is 9.69. The Morgan fingerprint density at radius 1 is 1.16 bits per heavy atom. The fourth-order valence-corrected chi connectivity index (χ4v) is 3.24. The summed E-state index contributed by atoms with van der Waals surface area (Å²) < 4.78 is 0. The highest BCUT2D eigenvalue weighted by Gasteiger charge is 2.35. The Hall–Kier alpha value is -0.860. The second-order valence-corrected chi connectivity index (χ2v) is 6.32. The van der Waals surface area contributed by atoms with Crippen LogP contribution in [0.4, 0.5) is 0 Å². The van der Waals surface area contributed by atoms with Gasteiger partial charge in [-0.05, 0) is 63.3 Å². The number of aliphatic hydroxyl groups excluding tert-OH is 1. The van der Waals surface area contributed by atoms with Gasteiger partial charge in [-0.1, -0.05) is 24.1 Å². The predicted molar refractivity (Wildman–Crippen MR) is 80.6 cm³/mol. The fraction of sp³-hybridized carbons (Fsp3) is 0.647. The van der Waals surface area contributed by atoms with Gasteiger partial charge in [0.2, 0.25) is 0 Å². The minimum absolute atomic E-state index is 0.192. The molecule has 0 spiro atoms. The number of aryl methyl sites for hydroxylation is 3. The van der Waals surface area contributed by atoms with Gasteiger partial charge in [0.15, 0.2) is 0 Å². The summed E-state index contributed by atoms with van der Waals surface area (Å²) in [6.07, 6.45) is 4.72. The summed E-state index contributed by atoms with van der Waals surface area (Å²) in [7, 11) is 0. The van der Waals surface area contributed by atoms with E-state index in [1.807, 2.05) is 0 Å². The van der Waals surface area contributed by atoms with Crippen LogP contribution in [0, 0.1) is 26.2 Å². The maximum Gasteiger partial charge on any atom is 0.0499 e. The molecule has 0 saturated heterocycles. The van der Waals surface area contributed by atoms with Crippen LogP contribution in [-0.4, -0.2) is 24.8 Å². The van der Waals surface area contributed by atoms with Crippen LogP contribution in [0.5, 0.6) is 0 Å². The van der Waals surface area contributed by atoms with E-state index in [0.29, 0.717) is 6.61 Å². The second kappa shape index (κ2) is 6.06. The monoisotopic (exact) mass is 261 g/mol. The molecule has 0 unspecified atom stereocenters. The van der Waals surface area contributed by atoms with Crippen LogP contribution in [0.3, 0.4) is 0 Å². The molecule has 1 aliphatic carbocycles. The largest absolute Gasteiger partial charge is 0.396 e. The smallest absolute Gasteiger partial charge is 0.0499 e. The molecule has 2 nitrogen and oxygen atoms in total. The molecule has 2 heteroatoms. The van der Waals surface area contributed by atoms with E-state index in [-0.39, 0.29) is 5.41 Å². The first-order chi connectivity index (χ1) is 9.06. The maximum atomic E-state index is 9.43. The van der Waals surface area contributed by atoms with Crippen molar-refractivity contribution < 1.29 is 5.11 Å². The van der Waals surface area contributed by atoms with E-state index < -0.39 is 0 Å².